The van der Waals surface area contributed by atoms with E-state index in [0.29, 0.717) is 18.0 Å². The van der Waals surface area contributed by atoms with E-state index in [1.54, 1.807) is 53.7 Å². The average molecular weight is 631 g/mol. The number of nitrogens with one attached hydrogen (secondary N) is 4. The summed E-state index contributed by atoms with van der Waals surface area (Å²) in [7, 11) is 0. The van der Waals surface area contributed by atoms with Crippen molar-refractivity contribution in [2.24, 2.45) is 11.8 Å². The minimum Gasteiger partial charge on any atom is -0.444 e. The van der Waals surface area contributed by atoms with E-state index in [4.69, 9.17) is 16.3 Å². The lowest BCUT2D eigenvalue weighted by molar-refractivity contribution is -0.132. The van der Waals surface area contributed by atoms with Gasteiger partial charge in [0.2, 0.25) is 17.7 Å². The third-order valence-corrected chi connectivity index (χ3v) is 7.10. The normalized spacial score (nSPS) is 14.1. The van der Waals surface area contributed by atoms with Crippen LogP contribution in [0.4, 0.5) is 4.79 Å². The van der Waals surface area contributed by atoms with Gasteiger partial charge < -0.3 is 31.1 Å². The van der Waals surface area contributed by atoms with Gasteiger partial charge in [0, 0.05) is 30.6 Å². The van der Waals surface area contributed by atoms with Crippen molar-refractivity contribution < 1.29 is 29.0 Å². The lowest BCUT2D eigenvalue weighted by atomic mass is 9.89. The summed E-state index contributed by atoms with van der Waals surface area (Å²) in [4.78, 5) is 53.1. The van der Waals surface area contributed by atoms with E-state index in [9.17, 15) is 24.3 Å². The van der Waals surface area contributed by atoms with Gasteiger partial charge in [0.25, 0.3) is 0 Å². The molecule has 0 fully saturated rings. The Labute approximate surface area is 265 Å². The Morgan fingerprint density at radius 3 is 2.00 bits per heavy atom. The summed E-state index contributed by atoms with van der Waals surface area (Å²) in [6.45, 7) is 10.7. The number of halogens is 1. The Kier molecular flexibility index (Phi) is 14.6. The van der Waals surface area contributed by atoms with Crippen LogP contribution in [0.5, 0.6) is 0 Å². The number of rotatable bonds is 15. The lowest BCUT2D eigenvalue weighted by Gasteiger charge is -2.31. The van der Waals surface area contributed by atoms with Crippen LogP contribution in [-0.2, 0) is 32.0 Å². The first-order chi connectivity index (χ1) is 20.7. The van der Waals surface area contributed by atoms with Gasteiger partial charge in [0.1, 0.15) is 17.7 Å². The number of hydrogen-bond donors (Lipinski definition) is 5. The third kappa shape index (κ3) is 12.5. The van der Waals surface area contributed by atoms with Gasteiger partial charge in [-0.1, -0.05) is 67.9 Å². The molecule has 0 aliphatic heterocycles. The van der Waals surface area contributed by atoms with E-state index in [1.165, 1.54) is 0 Å². The maximum Gasteiger partial charge on any atom is 0.408 e. The fourth-order valence-corrected chi connectivity index (χ4v) is 4.82. The monoisotopic (exact) mass is 630 g/mol. The number of amides is 4. The highest BCUT2D eigenvalue weighted by Gasteiger charge is 2.34. The van der Waals surface area contributed by atoms with E-state index in [0.717, 1.165) is 11.1 Å². The maximum absolute atomic E-state index is 13.8. The summed E-state index contributed by atoms with van der Waals surface area (Å²) >= 11 is 6.06. The molecular weight excluding hydrogens is 584 g/mol. The van der Waals surface area contributed by atoms with Crippen LogP contribution in [0.15, 0.2) is 54.6 Å². The highest BCUT2D eigenvalue weighted by Crippen LogP contribution is 2.18. The summed E-state index contributed by atoms with van der Waals surface area (Å²) in [5.41, 5.74) is 0.875. The molecule has 0 aliphatic rings. The molecule has 1 unspecified atom stereocenters. The van der Waals surface area contributed by atoms with Crippen LogP contribution >= 0.6 is 11.6 Å². The van der Waals surface area contributed by atoms with Crippen LogP contribution in [-0.4, -0.2) is 65.8 Å². The van der Waals surface area contributed by atoms with Crippen LogP contribution in [0.1, 0.15) is 59.1 Å². The molecule has 10 nitrogen and oxygen atoms in total. The predicted molar refractivity (Wildman–Crippen MR) is 171 cm³/mol. The molecule has 2 aromatic rings. The number of carbonyl (C=O) groups is 4. The summed E-state index contributed by atoms with van der Waals surface area (Å²) in [5.74, 6) is -2.42. The minimum atomic E-state index is -1.02. The Bertz CT molecular complexity index is 1220. The van der Waals surface area contributed by atoms with Crippen LogP contribution in [0, 0.1) is 11.8 Å². The van der Waals surface area contributed by atoms with E-state index in [-0.39, 0.29) is 31.3 Å². The van der Waals surface area contributed by atoms with Gasteiger partial charge in [0.15, 0.2) is 0 Å². The van der Waals surface area contributed by atoms with Gasteiger partial charge in [-0.05, 0) is 69.7 Å². The topological polar surface area (TPSA) is 146 Å². The van der Waals surface area contributed by atoms with Crippen molar-refractivity contribution in [1.82, 2.24) is 21.3 Å². The van der Waals surface area contributed by atoms with Crippen LogP contribution in [0.2, 0.25) is 5.02 Å². The summed E-state index contributed by atoms with van der Waals surface area (Å²) in [5, 5.41) is 21.6. The number of carbonyl (C=O) groups excluding carboxylic acids is 4. The van der Waals surface area contributed by atoms with Crippen LogP contribution in [0.25, 0.3) is 0 Å². The van der Waals surface area contributed by atoms with Crippen molar-refractivity contribution in [3.8, 4) is 0 Å². The quantitative estimate of drug-likeness (QED) is 0.202. The second kappa shape index (κ2) is 17.6. The average Bonchev–Trinajstić information content (AvgIpc) is 2.94. The second-order valence-corrected chi connectivity index (χ2v) is 12.5. The maximum atomic E-state index is 13.8. The zero-order valence-corrected chi connectivity index (χ0v) is 27.2. The Morgan fingerprint density at radius 2 is 1.45 bits per heavy atom. The molecule has 0 spiro atoms. The standard InChI is InChI=1S/C33H47ClN4O6/c1-7-35-29(40)25(17-18-39)26(19-23-13-15-24(34)16-14-23)36-31(42)28(21(2)3)38-30(41)27(20-22-11-9-8-10-12-22)37-32(43)44-33(4,5)6/h8-16,21,25-28,39H,7,17-20H2,1-6H3,(H,35,40)(H,36,42)(H,37,43)(H,38,41)/t25?,26-,27-,28-/m0/s1. The minimum absolute atomic E-state index is 0.127. The first-order valence-electron chi connectivity index (χ1n) is 15.0. The lowest BCUT2D eigenvalue weighted by Crippen LogP contribution is -2.59. The van der Waals surface area contributed by atoms with Gasteiger partial charge in [0.05, 0.1) is 5.92 Å². The fraction of sp³-hybridized carbons (Fsp3) is 0.515. The van der Waals surface area contributed by atoms with E-state index >= 15 is 0 Å². The van der Waals surface area contributed by atoms with Crippen molar-refractivity contribution >= 4 is 35.4 Å². The fourth-order valence-electron chi connectivity index (χ4n) is 4.70. The first kappa shape index (κ1) is 36.6. The first-order valence-corrected chi connectivity index (χ1v) is 15.4. The van der Waals surface area contributed by atoms with Crippen molar-refractivity contribution in [2.45, 2.75) is 84.5 Å². The predicted octanol–water partition coefficient (Wildman–Crippen LogP) is 3.78. The Hall–Kier alpha value is -3.63. The number of aliphatic hydroxyl groups is 1. The molecule has 0 bridgehead atoms. The van der Waals surface area contributed by atoms with E-state index < -0.39 is 47.6 Å². The van der Waals surface area contributed by atoms with Crippen molar-refractivity contribution in [3.05, 3.63) is 70.7 Å². The number of alkyl carbamates (subject to hydrolysis) is 1. The largest absolute Gasteiger partial charge is 0.444 e. The number of aliphatic hydroxyl groups excluding tert-OH is 1. The molecule has 0 heterocycles. The van der Waals surface area contributed by atoms with Gasteiger partial charge >= 0.3 is 6.09 Å². The number of benzene rings is 2. The molecule has 0 aliphatic carbocycles. The SMILES string of the molecule is CCNC(=O)C(CCO)[C@H](Cc1ccc(Cl)cc1)NC(=O)[C@@H](NC(=O)[C@H](Cc1ccccc1)NC(=O)OC(C)(C)C)C(C)C. The molecule has 0 saturated carbocycles. The summed E-state index contributed by atoms with van der Waals surface area (Å²) in [6, 6.07) is 13.6. The second-order valence-electron chi connectivity index (χ2n) is 12.1. The molecule has 0 radical (unpaired) electrons. The zero-order chi connectivity index (χ0) is 32.9. The van der Waals surface area contributed by atoms with Crippen LogP contribution < -0.4 is 21.3 Å². The van der Waals surface area contributed by atoms with E-state index in [2.05, 4.69) is 21.3 Å². The van der Waals surface area contributed by atoms with Crippen molar-refractivity contribution in [1.29, 1.82) is 0 Å². The molecule has 0 aromatic heterocycles. The molecule has 0 saturated heterocycles. The third-order valence-electron chi connectivity index (χ3n) is 6.85. The van der Waals surface area contributed by atoms with E-state index in [1.807, 2.05) is 42.5 Å². The molecule has 2 rings (SSSR count). The highest BCUT2D eigenvalue weighted by molar-refractivity contribution is 6.30. The summed E-state index contributed by atoms with van der Waals surface area (Å²) < 4.78 is 5.39. The van der Waals surface area contributed by atoms with Gasteiger partial charge in [-0.25, -0.2) is 4.79 Å². The molecule has 242 valence electrons. The van der Waals surface area contributed by atoms with Gasteiger partial charge in [-0.2, -0.15) is 0 Å². The molecule has 2 aromatic carbocycles. The van der Waals surface area contributed by atoms with Crippen molar-refractivity contribution in [2.75, 3.05) is 13.2 Å². The van der Waals surface area contributed by atoms with Crippen LogP contribution in [0.3, 0.4) is 0 Å². The Morgan fingerprint density at radius 1 is 0.841 bits per heavy atom. The summed E-state index contributed by atoms with van der Waals surface area (Å²) in [6.07, 6.45) is -0.161. The zero-order valence-electron chi connectivity index (χ0n) is 26.5. The molecule has 44 heavy (non-hydrogen) atoms. The molecule has 5 N–H and O–H groups in total. The molecule has 4 atom stereocenters. The molecule has 11 heteroatoms. The van der Waals surface area contributed by atoms with Crippen molar-refractivity contribution in [3.63, 3.8) is 0 Å². The number of ether oxygens (including phenoxy) is 1. The van der Waals surface area contributed by atoms with Gasteiger partial charge in [-0.15, -0.1) is 0 Å². The Balaban J connectivity index is 2.33. The number of hydrogen-bond acceptors (Lipinski definition) is 6. The molecule has 4 amide bonds. The smallest absolute Gasteiger partial charge is 0.408 e. The molecular formula is C33H47ClN4O6. The highest BCUT2D eigenvalue weighted by atomic mass is 35.5. The van der Waals surface area contributed by atoms with Gasteiger partial charge in [-0.3, -0.25) is 14.4 Å².